The Kier molecular flexibility index (Phi) is 4.90. The van der Waals surface area contributed by atoms with Crippen molar-refractivity contribution in [3.63, 3.8) is 0 Å². The number of aromatic nitrogens is 2. The lowest BCUT2D eigenvalue weighted by molar-refractivity contribution is -0.120. The summed E-state index contributed by atoms with van der Waals surface area (Å²) in [6, 6.07) is 4.34. The lowest BCUT2D eigenvalue weighted by Crippen LogP contribution is -2.33. The highest BCUT2D eigenvalue weighted by molar-refractivity contribution is 8.00. The summed E-state index contributed by atoms with van der Waals surface area (Å²) in [5, 5.41) is 8.04. The summed E-state index contributed by atoms with van der Waals surface area (Å²) >= 11 is 4.46. The van der Waals surface area contributed by atoms with Crippen LogP contribution in [0.4, 0.5) is 0 Å². The van der Waals surface area contributed by atoms with E-state index in [-0.39, 0.29) is 16.7 Å². The van der Waals surface area contributed by atoms with Gasteiger partial charge in [-0.15, -0.1) is 22.7 Å². The van der Waals surface area contributed by atoms with Gasteiger partial charge in [0.1, 0.15) is 4.83 Å². The summed E-state index contributed by atoms with van der Waals surface area (Å²) < 4.78 is 1.68. The normalized spacial score (nSPS) is 15.3. The predicted octanol–water partition coefficient (Wildman–Crippen LogP) is 3.97. The van der Waals surface area contributed by atoms with E-state index in [2.05, 4.69) is 5.32 Å². The molecule has 0 aromatic carbocycles. The van der Waals surface area contributed by atoms with Gasteiger partial charge in [0.05, 0.1) is 10.6 Å². The zero-order valence-electron chi connectivity index (χ0n) is 14.5. The van der Waals surface area contributed by atoms with Crippen LogP contribution in [-0.4, -0.2) is 26.8 Å². The summed E-state index contributed by atoms with van der Waals surface area (Å²) in [5.74, 6) is 0.0138. The maximum Gasteiger partial charge on any atom is 0.263 e. The number of nitrogens with zero attached hydrogens (tertiary/aromatic N) is 2. The molecule has 3 aromatic rings. The van der Waals surface area contributed by atoms with Crippen LogP contribution in [0, 0.1) is 0 Å². The molecule has 5 nitrogen and oxygen atoms in total. The van der Waals surface area contributed by atoms with Gasteiger partial charge in [0.2, 0.25) is 5.91 Å². The molecule has 3 aromatic heterocycles. The Morgan fingerprint density at radius 1 is 1.46 bits per heavy atom. The van der Waals surface area contributed by atoms with E-state index in [0.29, 0.717) is 23.1 Å². The van der Waals surface area contributed by atoms with Gasteiger partial charge in [-0.3, -0.25) is 14.2 Å². The second kappa shape index (κ2) is 7.17. The van der Waals surface area contributed by atoms with Crippen molar-refractivity contribution in [2.75, 3.05) is 0 Å². The molecule has 1 saturated carbocycles. The maximum absolute atomic E-state index is 13.1. The average molecular weight is 406 g/mol. The molecule has 1 N–H and O–H groups in total. The number of nitrogens with one attached hydrogen (secondary N) is 1. The molecule has 1 fully saturated rings. The van der Waals surface area contributed by atoms with Gasteiger partial charge in [-0.25, -0.2) is 4.98 Å². The largest absolute Gasteiger partial charge is 0.352 e. The lowest BCUT2D eigenvalue weighted by atomic mass is 10.2. The first kappa shape index (κ1) is 17.8. The number of hydrogen-bond donors (Lipinski definition) is 1. The summed E-state index contributed by atoms with van der Waals surface area (Å²) in [4.78, 5) is 31.9. The van der Waals surface area contributed by atoms with Crippen molar-refractivity contribution < 1.29 is 4.79 Å². The summed E-state index contributed by atoms with van der Waals surface area (Å²) in [7, 11) is 0. The number of carbonyl (C=O) groups is 1. The van der Waals surface area contributed by atoms with Crippen molar-refractivity contribution >= 4 is 50.6 Å². The molecule has 8 heteroatoms. The molecule has 0 radical (unpaired) electrons. The third-order valence-corrected chi connectivity index (χ3v) is 7.20. The minimum Gasteiger partial charge on any atom is -0.352 e. The smallest absolute Gasteiger partial charge is 0.263 e. The fraction of sp³-hybridized carbons (Fsp3) is 0.389. The van der Waals surface area contributed by atoms with Gasteiger partial charge in [0.15, 0.2) is 5.16 Å². The zero-order chi connectivity index (χ0) is 18.3. The first-order chi connectivity index (χ1) is 12.6. The molecule has 1 atom stereocenters. The minimum atomic E-state index is -0.283. The van der Waals surface area contributed by atoms with Gasteiger partial charge in [0.25, 0.3) is 5.56 Å². The summed E-state index contributed by atoms with van der Waals surface area (Å²) in [6.45, 7) is 4.33. The highest BCUT2D eigenvalue weighted by atomic mass is 32.2. The molecular weight excluding hydrogens is 386 g/mol. The van der Waals surface area contributed by atoms with Crippen LogP contribution < -0.4 is 10.9 Å². The number of carbonyl (C=O) groups excluding carboxylic acids is 1. The van der Waals surface area contributed by atoms with Crippen molar-refractivity contribution in [1.29, 1.82) is 0 Å². The van der Waals surface area contributed by atoms with Gasteiger partial charge < -0.3 is 5.32 Å². The average Bonchev–Trinajstić information content (AvgIpc) is 3.11. The Hall–Kier alpha value is -1.64. The lowest BCUT2D eigenvalue weighted by Gasteiger charge is -2.14. The number of hydrogen-bond acceptors (Lipinski definition) is 6. The van der Waals surface area contributed by atoms with Crippen LogP contribution in [0.3, 0.4) is 0 Å². The molecule has 0 aliphatic heterocycles. The van der Waals surface area contributed by atoms with E-state index in [1.54, 1.807) is 15.9 Å². The Labute approximate surface area is 163 Å². The second-order valence-electron chi connectivity index (χ2n) is 6.29. The van der Waals surface area contributed by atoms with Gasteiger partial charge in [0, 0.05) is 28.4 Å². The molecule has 1 aliphatic carbocycles. The van der Waals surface area contributed by atoms with Crippen LogP contribution in [0.2, 0.25) is 0 Å². The van der Waals surface area contributed by atoms with Crippen LogP contribution in [0.5, 0.6) is 0 Å². The van der Waals surface area contributed by atoms with E-state index in [1.165, 1.54) is 23.1 Å². The first-order valence-corrected chi connectivity index (χ1v) is 11.2. The molecule has 1 aliphatic rings. The van der Waals surface area contributed by atoms with E-state index in [0.717, 1.165) is 28.1 Å². The van der Waals surface area contributed by atoms with E-state index < -0.39 is 0 Å². The topological polar surface area (TPSA) is 64.0 Å². The van der Waals surface area contributed by atoms with E-state index in [9.17, 15) is 9.59 Å². The van der Waals surface area contributed by atoms with Crippen LogP contribution >= 0.6 is 34.4 Å². The van der Waals surface area contributed by atoms with E-state index in [1.807, 2.05) is 36.7 Å². The van der Waals surface area contributed by atoms with Crippen molar-refractivity contribution in [1.82, 2.24) is 14.9 Å². The Balaban J connectivity index is 1.71. The molecule has 0 unspecified atom stereocenters. The number of fused-ring (bicyclic) bond motifs is 1. The van der Waals surface area contributed by atoms with Gasteiger partial charge in [-0.1, -0.05) is 17.8 Å². The maximum atomic E-state index is 13.1. The second-order valence-corrected chi connectivity index (χ2v) is 9.41. The highest BCUT2D eigenvalue weighted by Gasteiger charge is 2.27. The molecule has 1 amide bonds. The van der Waals surface area contributed by atoms with Gasteiger partial charge >= 0.3 is 0 Å². The molecular formula is C18H19N3O2S3. The number of thiophene rings is 2. The first-order valence-electron chi connectivity index (χ1n) is 8.61. The third-order valence-electron chi connectivity index (χ3n) is 4.34. The molecule has 136 valence electrons. The van der Waals surface area contributed by atoms with Crippen LogP contribution in [0.15, 0.2) is 32.8 Å². The molecule has 3 heterocycles. The SMILES string of the molecule is CCn1c(S[C@@H](C)C(=O)NC2CC2)nc2scc(-c3cccs3)c2c1=O. The fourth-order valence-corrected chi connectivity index (χ4v) is 5.53. The van der Waals surface area contributed by atoms with Gasteiger partial charge in [-0.2, -0.15) is 0 Å². The molecule has 0 spiro atoms. The van der Waals surface area contributed by atoms with Crippen molar-refractivity contribution in [3.05, 3.63) is 33.2 Å². The number of thioether (sulfide) groups is 1. The van der Waals surface area contributed by atoms with Crippen LogP contribution in [0.25, 0.3) is 20.7 Å². The Morgan fingerprint density at radius 2 is 2.27 bits per heavy atom. The quantitative estimate of drug-likeness (QED) is 0.498. The predicted molar refractivity (Wildman–Crippen MR) is 109 cm³/mol. The standard InChI is InChI=1S/C18H19N3O2S3/c1-3-21-17(23)14-12(13-5-4-8-24-13)9-25-16(14)20-18(21)26-10(2)15(22)19-11-6-7-11/h4-5,8-11H,3,6-7H2,1-2H3,(H,19,22)/t10-/m0/s1. The molecule has 0 saturated heterocycles. The van der Waals surface area contributed by atoms with Crippen molar-refractivity contribution in [2.24, 2.45) is 0 Å². The van der Waals surface area contributed by atoms with E-state index >= 15 is 0 Å². The Morgan fingerprint density at radius 3 is 2.92 bits per heavy atom. The summed E-state index contributed by atoms with van der Waals surface area (Å²) in [5.41, 5.74) is 0.926. The van der Waals surface area contributed by atoms with Crippen LogP contribution in [0.1, 0.15) is 26.7 Å². The third kappa shape index (κ3) is 3.33. The number of rotatable bonds is 6. The Bertz CT molecular complexity index is 1000. The summed E-state index contributed by atoms with van der Waals surface area (Å²) in [6.07, 6.45) is 2.13. The van der Waals surface area contributed by atoms with Crippen molar-refractivity contribution in [3.8, 4) is 10.4 Å². The number of amides is 1. The van der Waals surface area contributed by atoms with Crippen molar-refractivity contribution in [2.45, 2.75) is 49.7 Å². The monoisotopic (exact) mass is 405 g/mol. The van der Waals surface area contributed by atoms with Crippen LogP contribution in [-0.2, 0) is 11.3 Å². The van der Waals surface area contributed by atoms with E-state index in [4.69, 9.17) is 4.98 Å². The molecule has 0 bridgehead atoms. The fourth-order valence-electron chi connectivity index (χ4n) is 2.75. The highest BCUT2D eigenvalue weighted by Crippen LogP contribution is 2.35. The molecule has 26 heavy (non-hydrogen) atoms. The molecule has 4 rings (SSSR count). The zero-order valence-corrected chi connectivity index (χ0v) is 17.0. The minimum absolute atomic E-state index is 0.0138. The van der Waals surface area contributed by atoms with Gasteiger partial charge in [-0.05, 0) is 38.1 Å².